The lowest BCUT2D eigenvalue weighted by Crippen LogP contribution is -2.41. The fraction of sp³-hybridized carbons (Fsp3) is 0.500. The molecule has 138 valence electrons. The molecule has 1 aromatic rings. The van der Waals surface area contributed by atoms with Crippen molar-refractivity contribution in [1.29, 1.82) is 0 Å². The number of rotatable bonds is 9. The number of carboxylic acid groups (broad SMARTS) is 1. The molecule has 1 atom stereocenters. The fourth-order valence-corrected chi connectivity index (χ4v) is 3.08. The van der Waals surface area contributed by atoms with E-state index in [-0.39, 0.29) is 23.6 Å². The number of benzene rings is 1. The molecule has 0 saturated heterocycles. The van der Waals surface area contributed by atoms with Gasteiger partial charge in [-0.1, -0.05) is 26.0 Å². The molecule has 1 aromatic carbocycles. The summed E-state index contributed by atoms with van der Waals surface area (Å²) in [5.74, 6) is -1.27. The molecule has 0 fully saturated rings. The van der Waals surface area contributed by atoms with Crippen molar-refractivity contribution in [3.05, 3.63) is 29.8 Å². The van der Waals surface area contributed by atoms with Crippen LogP contribution in [0.4, 0.5) is 0 Å². The summed E-state index contributed by atoms with van der Waals surface area (Å²) in [7, 11) is 0. The topological polar surface area (TPSA) is 95.5 Å². The highest BCUT2D eigenvalue weighted by Crippen LogP contribution is 2.23. The summed E-state index contributed by atoms with van der Waals surface area (Å²) in [6.45, 7) is 7.56. The molecule has 0 aliphatic rings. The van der Waals surface area contributed by atoms with E-state index >= 15 is 0 Å². The number of carbonyl (C=O) groups excluding carboxylic acids is 2. The summed E-state index contributed by atoms with van der Waals surface area (Å²) in [5, 5.41) is 14.6. The van der Waals surface area contributed by atoms with E-state index in [4.69, 9.17) is 0 Å². The van der Waals surface area contributed by atoms with E-state index in [1.807, 2.05) is 27.7 Å². The Morgan fingerprint density at radius 1 is 1.08 bits per heavy atom. The van der Waals surface area contributed by atoms with Crippen LogP contribution >= 0.6 is 11.8 Å². The Morgan fingerprint density at radius 2 is 1.72 bits per heavy atom. The molecule has 0 radical (unpaired) electrons. The lowest BCUT2D eigenvalue weighted by atomic mass is 10.0. The molecule has 6 nitrogen and oxygen atoms in total. The van der Waals surface area contributed by atoms with Gasteiger partial charge in [0.25, 0.3) is 5.91 Å². The summed E-state index contributed by atoms with van der Waals surface area (Å²) in [6, 6.07) is 5.99. The SMILES string of the molecule is CC(C)C[C@@H](NC(=O)c1ccccc1SCC(=O)NC(C)C)C(=O)O. The lowest BCUT2D eigenvalue weighted by Gasteiger charge is -2.17. The van der Waals surface area contributed by atoms with E-state index in [0.29, 0.717) is 16.9 Å². The zero-order chi connectivity index (χ0) is 19.0. The summed E-state index contributed by atoms with van der Waals surface area (Å²) < 4.78 is 0. The predicted molar refractivity (Wildman–Crippen MR) is 98.8 cm³/mol. The van der Waals surface area contributed by atoms with E-state index in [1.54, 1.807) is 24.3 Å². The molecule has 1 rings (SSSR count). The predicted octanol–water partition coefficient (Wildman–Crippen LogP) is 2.53. The van der Waals surface area contributed by atoms with Crippen molar-refractivity contribution < 1.29 is 19.5 Å². The first kappa shape index (κ1) is 21.0. The first-order chi connectivity index (χ1) is 11.7. The lowest BCUT2D eigenvalue weighted by molar-refractivity contribution is -0.139. The highest BCUT2D eigenvalue weighted by Gasteiger charge is 2.23. The second-order valence-corrected chi connectivity index (χ2v) is 7.52. The van der Waals surface area contributed by atoms with Gasteiger partial charge in [-0.05, 0) is 38.3 Å². The number of hydrogen-bond acceptors (Lipinski definition) is 4. The highest BCUT2D eigenvalue weighted by molar-refractivity contribution is 8.00. The van der Waals surface area contributed by atoms with Crippen molar-refractivity contribution in [2.24, 2.45) is 5.92 Å². The number of amides is 2. The first-order valence-electron chi connectivity index (χ1n) is 8.25. The van der Waals surface area contributed by atoms with Crippen LogP contribution in [0.25, 0.3) is 0 Å². The standard InChI is InChI=1S/C18H26N2O4S/c1-11(2)9-14(18(23)24)20-17(22)13-7-5-6-8-15(13)25-10-16(21)19-12(3)4/h5-8,11-12,14H,9-10H2,1-4H3,(H,19,21)(H,20,22)(H,23,24)/t14-/m1/s1. The van der Waals surface area contributed by atoms with Crippen LogP contribution in [-0.4, -0.2) is 40.7 Å². The molecule has 2 amide bonds. The number of thioether (sulfide) groups is 1. The highest BCUT2D eigenvalue weighted by atomic mass is 32.2. The van der Waals surface area contributed by atoms with Gasteiger partial charge in [0.2, 0.25) is 5.91 Å². The van der Waals surface area contributed by atoms with Crippen LogP contribution in [-0.2, 0) is 9.59 Å². The minimum Gasteiger partial charge on any atom is -0.480 e. The van der Waals surface area contributed by atoms with Crippen LogP contribution in [0.5, 0.6) is 0 Å². The molecular weight excluding hydrogens is 340 g/mol. The van der Waals surface area contributed by atoms with Gasteiger partial charge in [-0.25, -0.2) is 4.79 Å². The molecule has 7 heteroatoms. The molecule has 0 aliphatic carbocycles. The number of carbonyl (C=O) groups is 3. The Kier molecular flexibility index (Phi) is 8.48. The third kappa shape index (κ3) is 7.60. The minimum absolute atomic E-state index is 0.0546. The van der Waals surface area contributed by atoms with Gasteiger partial charge in [0.15, 0.2) is 0 Å². The van der Waals surface area contributed by atoms with Gasteiger partial charge in [-0.3, -0.25) is 9.59 Å². The van der Waals surface area contributed by atoms with Crippen LogP contribution in [0.1, 0.15) is 44.5 Å². The molecule has 0 aliphatic heterocycles. The number of aliphatic carboxylic acids is 1. The Hall–Kier alpha value is -2.02. The van der Waals surface area contributed by atoms with Gasteiger partial charge >= 0.3 is 5.97 Å². The Balaban J connectivity index is 2.82. The van der Waals surface area contributed by atoms with E-state index in [9.17, 15) is 19.5 Å². The molecule has 0 aromatic heterocycles. The average Bonchev–Trinajstić information content (AvgIpc) is 2.51. The molecule has 25 heavy (non-hydrogen) atoms. The third-order valence-corrected chi connectivity index (χ3v) is 4.32. The van der Waals surface area contributed by atoms with E-state index in [1.165, 1.54) is 11.8 Å². The van der Waals surface area contributed by atoms with Gasteiger partial charge in [0.1, 0.15) is 6.04 Å². The number of carboxylic acids is 1. The van der Waals surface area contributed by atoms with Crippen LogP contribution < -0.4 is 10.6 Å². The molecule has 0 unspecified atom stereocenters. The molecule has 0 spiro atoms. The molecular formula is C18H26N2O4S. The number of nitrogens with one attached hydrogen (secondary N) is 2. The van der Waals surface area contributed by atoms with Crippen LogP contribution in [0.3, 0.4) is 0 Å². The monoisotopic (exact) mass is 366 g/mol. The summed E-state index contributed by atoms with van der Waals surface area (Å²) in [6.07, 6.45) is 0.354. The number of hydrogen-bond donors (Lipinski definition) is 3. The molecule has 0 bridgehead atoms. The van der Waals surface area contributed by atoms with E-state index in [2.05, 4.69) is 10.6 Å². The Bertz CT molecular complexity index is 617. The van der Waals surface area contributed by atoms with Crippen molar-refractivity contribution in [3.63, 3.8) is 0 Å². The fourth-order valence-electron chi connectivity index (χ4n) is 2.22. The molecule has 3 N–H and O–H groups in total. The summed E-state index contributed by atoms with van der Waals surface area (Å²) >= 11 is 1.25. The quantitative estimate of drug-likeness (QED) is 0.584. The van der Waals surface area contributed by atoms with Gasteiger partial charge in [0.05, 0.1) is 11.3 Å². The van der Waals surface area contributed by atoms with Crippen LogP contribution in [0.2, 0.25) is 0 Å². The second-order valence-electron chi connectivity index (χ2n) is 6.50. The van der Waals surface area contributed by atoms with Crippen molar-refractivity contribution in [3.8, 4) is 0 Å². The third-order valence-electron chi connectivity index (χ3n) is 3.25. The first-order valence-corrected chi connectivity index (χ1v) is 9.24. The maximum atomic E-state index is 12.5. The van der Waals surface area contributed by atoms with Crippen molar-refractivity contribution in [2.75, 3.05) is 5.75 Å². The maximum absolute atomic E-state index is 12.5. The zero-order valence-electron chi connectivity index (χ0n) is 15.0. The average molecular weight is 366 g/mol. The maximum Gasteiger partial charge on any atom is 0.326 e. The molecule has 0 saturated carbocycles. The van der Waals surface area contributed by atoms with Gasteiger partial charge < -0.3 is 15.7 Å². The van der Waals surface area contributed by atoms with Crippen molar-refractivity contribution in [1.82, 2.24) is 10.6 Å². The summed E-state index contributed by atoms with van der Waals surface area (Å²) in [5.41, 5.74) is 0.375. The van der Waals surface area contributed by atoms with Crippen molar-refractivity contribution >= 4 is 29.5 Å². The summed E-state index contributed by atoms with van der Waals surface area (Å²) in [4.78, 5) is 36.3. The Labute approximate surface area is 152 Å². The second kappa shape index (κ2) is 10.1. The van der Waals surface area contributed by atoms with Gasteiger partial charge in [-0.15, -0.1) is 11.8 Å². The van der Waals surface area contributed by atoms with Crippen LogP contribution in [0.15, 0.2) is 29.2 Å². The van der Waals surface area contributed by atoms with Gasteiger partial charge in [0, 0.05) is 10.9 Å². The van der Waals surface area contributed by atoms with Crippen LogP contribution in [0, 0.1) is 5.92 Å². The van der Waals surface area contributed by atoms with Gasteiger partial charge in [-0.2, -0.15) is 0 Å². The van der Waals surface area contributed by atoms with E-state index < -0.39 is 17.9 Å². The minimum atomic E-state index is -1.05. The Morgan fingerprint density at radius 3 is 2.28 bits per heavy atom. The van der Waals surface area contributed by atoms with E-state index in [0.717, 1.165) is 0 Å². The normalized spacial score (nSPS) is 12.1. The smallest absolute Gasteiger partial charge is 0.326 e. The largest absolute Gasteiger partial charge is 0.480 e. The zero-order valence-corrected chi connectivity index (χ0v) is 15.9. The molecule has 0 heterocycles. The van der Waals surface area contributed by atoms with Crippen molar-refractivity contribution in [2.45, 2.75) is 51.1 Å².